The van der Waals surface area contributed by atoms with Crippen LogP contribution in [0.2, 0.25) is 0 Å². The Kier molecular flexibility index (Phi) is 4.45. The number of halogens is 1. The highest BCUT2D eigenvalue weighted by molar-refractivity contribution is 6.06. The second kappa shape index (κ2) is 6.56. The molecule has 7 nitrogen and oxygen atoms in total. The minimum absolute atomic E-state index is 0.0147. The van der Waals surface area contributed by atoms with Crippen LogP contribution in [-0.2, 0) is 10.3 Å². The molecule has 2 heterocycles. The van der Waals surface area contributed by atoms with Crippen molar-refractivity contribution < 1.29 is 28.2 Å². The fourth-order valence-corrected chi connectivity index (χ4v) is 2.60. The van der Waals surface area contributed by atoms with Crippen LogP contribution < -0.4 is 10.1 Å². The van der Waals surface area contributed by atoms with E-state index in [0.29, 0.717) is 5.76 Å². The predicted molar refractivity (Wildman–Crippen MR) is 84.2 cm³/mol. The van der Waals surface area contributed by atoms with Crippen LogP contribution in [0.5, 0.6) is 5.75 Å². The summed E-state index contributed by atoms with van der Waals surface area (Å²) in [4.78, 5) is 25.6. The number of hydrogen-bond acceptors (Lipinski definition) is 5. The van der Waals surface area contributed by atoms with Crippen LogP contribution in [0.1, 0.15) is 12.7 Å². The molecule has 2 unspecified atom stereocenters. The van der Waals surface area contributed by atoms with Crippen molar-refractivity contribution in [2.75, 3.05) is 13.2 Å². The zero-order valence-electron chi connectivity index (χ0n) is 13.4. The maximum absolute atomic E-state index is 13.5. The Labute approximate surface area is 143 Å². The monoisotopic (exact) mass is 348 g/mol. The van der Waals surface area contributed by atoms with Gasteiger partial charge in [0.15, 0.2) is 17.1 Å². The van der Waals surface area contributed by atoms with E-state index in [1.807, 2.05) is 0 Å². The highest BCUT2D eigenvalue weighted by Gasteiger charge is 2.51. The van der Waals surface area contributed by atoms with E-state index < -0.39 is 29.4 Å². The van der Waals surface area contributed by atoms with Gasteiger partial charge in [-0.1, -0.05) is 12.1 Å². The van der Waals surface area contributed by atoms with Crippen LogP contribution in [0.3, 0.4) is 0 Å². The first-order valence-corrected chi connectivity index (χ1v) is 7.65. The third-order valence-electron chi connectivity index (χ3n) is 3.95. The van der Waals surface area contributed by atoms with E-state index >= 15 is 0 Å². The third-order valence-corrected chi connectivity index (χ3v) is 3.95. The first-order valence-electron chi connectivity index (χ1n) is 7.65. The summed E-state index contributed by atoms with van der Waals surface area (Å²) < 4.78 is 23.9. The quantitative estimate of drug-likeness (QED) is 0.774. The van der Waals surface area contributed by atoms with Crippen molar-refractivity contribution in [3.8, 4) is 5.75 Å². The van der Waals surface area contributed by atoms with E-state index in [9.17, 15) is 19.1 Å². The van der Waals surface area contributed by atoms with Crippen LogP contribution in [-0.4, -0.2) is 41.2 Å². The summed E-state index contributed by atoms with van der Waals surface area (Å²) in [5, 5.41) is 12.6. The largest absolute Gasteiger partial charge is 0.488 e. The van der Waals surface area contributed by atoms with Crippen molar-refractivity contribution in [2.24, 2.45) is 0 Å². The lowest BCUT2D eigenvalue weighted by molar-refractivity contribution is -0.132. The highest BCUT2D eigenvalue weighted by Crippen LogP contribution is 2.29. The molecule has 2 atom stereocenters. The second-order valence-electron chi connectivity index (χ2n) is 5.84. The fourth-order valence-electron chi connectivity index (χ4n) is 2.60. The molecule has 0 aliphatic carbocycles. The van der Waals surface area contributed by atoms with Gasteiger partial charge in [-0.15, -0.1) is 0 Å². The number of benzene rings is 1. The van der Waals surface area contributed by atoms with Crippen molar-refractivity contribution in [3.63, 3.8) is 0 Å². The molecule has 1 aromatic heterocycles. The molecule has 3 rings (SSSR count). The van der Waals surface area contributed by atoms with Gasteiger partial charge in [-0.05, 0) is 31.2 Å². The van der Waals surface area contributed by atoms with Gasteiger partial charge in [0.25, 0.3) is 5.91 Å². The topological polar surface area (TPSA) is 92.0 Å². The molecule has 2 aromatic rings. The maximum atomic E-state index is 13.5. The maximum Gasteiger partial charge on any atom is 0.325 e. The van der Waals surface area contributed by atoms with Crippen LogP contribution in [0.25, 0.3) is 0 Å². The van der Waals surface area contributed by atoms with Gasteiger partial charge in [0.2, 0.25) is 0 Å². The molecule has 25 heavy (non-hydrogen) atoms. The summed E-state index contributed by atoms with van der Waals surface area (Å²) >= 11 is 0. The van der Waals surface area contributed by atoms with Crippen molar-refractivity contribution in [3.05, 3.63) is 54.2 Å². The Balaban J connectivity index is 1.63. The minimum atomic E-state index is -1.33. The van der Waals surface area contributed by atoms with Gasteiger partial charge < -0.3 is 19.6 Å². The molecule has 0 spiro atoms. The standard InChI is InChI=1S/C17H17FN2O5/c1-17(14-7-4-8-24-14)15(22)20(16(23)19-17)9-11(21)10-25-13-6-3-2-5-12(13)18/h2-8,11,21H,9-10H2,1H3,(H,19,23). The van der Waals surface area contributed by atoms with Crippen molar-refractivity contribution >= 4 is 11.9 Å². The van der Waals surface area contributed by atoms with Gasteiger partial charge in [-0.25, -0.2) is 9.18 Å². The Morgan fingerprint density at radius 2 is 2.08 bits per heavy atom. The van der Waals surface area contributed by atoms with Crippen molar-refractivity contribution in [2.45, 2.75) is 18.6 Å². The average molecular weight is 348 g/mol. The van der Waals surface area contributed by atoms with Gasteiger partial charge in [-0.3, -0.25) is 9.69 Å². The van der Waals surface area contributed by atoms with Gasteiger partial charge in [0, 0.05) is 0 Å². The average Bonchev–Trinajstić information content (AvgIpc) is 3.19. The Morgan fingerprint density at radius 3 is 2.76 bits per heavy atom. The molecular weight excluding hydrogens is 331 g/mol. The van der Waals surface area contributed by atoms with E-state index in [1.54, 1.807) is 18.2 Å². The molecule has 1 aliphatic heterocycles. The van der Waals surface area contributed by atoms with Crippen LogP contribution in [0.4, 0.5) is 9.18 Å². The molecule has 1 aromatic carbocycles. The van der Waals surface area contributed by atoms with Gasteiger partial charge in [0.05, 0.1) is 12.8 Å². The number of hydrogen-bond donors (Lipinski definition) is 2. The summed E-state index contributed by atoms with van der Waals surface area (Å²) in [6.45, 7) is 0.971. The number of urea groups is 1. The number of furan rings is 1. The summed E-state index contributed by atoms with van der Waals surface area (Å²) in [6, 6.07) is 8.31. The normalized spacial score (nSPS) is 21.3. The number of nitrogens with zero attached hydrogens (tertiary/aromatic N) is 1. The molecule has 1 aliphatic rings. The number of imide groups is 1. The highest BCUT2D eigenvalue weighted by atomic mass is 19.1. The minimum Gasteiger partial charge on any atom is -0.488 e. The molecule has 0 bridgehead atoms. The molecule has 0 radical (unpaired) electrons. The smallest absolute Gasteiger partial charge is 0.325 e. The van der Waals surface area contributed by atoms with Crippen LogP contribution >= 0.6 is 0 Å². The van der Waals surface area contributed by atoms with Gasteiger partial charge in [-0.2, -0.15) is 0 Å². The van der Waals surface area contributed by atoms with Crippen LogP contribution in [0.15, 0.2) is 47.1 Å². The molecule has 3 amide bonds. The zero-order valence-corrected chi connectivity index (χ0v) is 13.4. The number of carbonyl (C=O) groups is 2. The summed E-state index contributed by atoms with van der Waals surface area (Å²) in [7, 11) is 0. The Bertz CT molecular complexity index is 779. The van der Waals surface area contributed by atoms with E-state index in [1.165, 1.54) is 31.4 Å². The van der Waals surface area contributed by atoms with Crippen molar-refractivity contribution in [1.82, 2.24) is 10.2 Å². The Morgan fingerprint density at radius 1 is 1.32 bits per heavy atom. The summed E-state index contributed by atoms with van der Waals surface area (Å²) in [6.07, 6.45) is 0.230. The number of carbonyl (C=O) groups excluding carboxylic acids is 2. The van der Waals surface area contributed by atoms with E-state index in [4.69, 9.17) is 9.15 Å². The second-order valence-corrected chi connectivity index (χ2v) is 5.84. The van der Waals surface area contributed by atoms with Crippen LogP contribution in [0, 0.1) is 5.82 Å². The lowest BCUT2D eigenvalue weighted by atomic mass is 9.99. The summed E-state index contributed by atoms with van der Waals surface area (Å²) in [5.41, 5.74) is -1.33. The lowest BCUT2D eigenvalue weighted by Gasteiger charge is -2.20. The molecular formula is C17H17FN2O5. The lowest BCUT2D eigenvalue weighted by Crippen LogP contribution is -2.42. The van der Waals surface area contributed by atoms with Gasteiger partial charge in [0.1, 0.15) is 18.5 Å². The zero-order chi connectivity index (χ0) is 18.0. The molecule has 132 valence electrons. The van der Waals surface area contributed by atoms with Crippen molar-refractivity contribution in [1.29, 1.82) is 0 Å². The number of aliphatic hydroxyl groups is 1. The fraction of sp³-hybridized carbons (Fsp3) is 0.294. The van der Waals surface area contributed by atoms with E-state index in [-0.39, 0.29) is 18.9 Å². The number of amides is 3. The van der Waals surface area contributed by atoms with E-state index in [2.05, 4.69) is 5.32 Å². The molecule has 8 heteroatoms. The first kappa shape index (κ1) is 17.0. The molecule has 0 saturated carbocycles. The number of rotatable bonds is 6. The number of ether oxygens (including phenoxy) is 1. The number of nitrogens with one attached hydrogen (secondary N) is 1. The summed E-state index contributed by atoms with van der Waals surface area (Å²) in [5.74, 6) is -0.822. The number of aliphatic hydroxyl groups excluding tert-OH is 1. The van der Waals surface area contributed by atoms with E-state index in [0.717, 1.165) is 4.90 Å². The number of β-amino-alcohol motifs (C(OH)–C–C–N with tert-alkyl or cyclic N) is 1. The first-order chi connectivity index (χ1) is 11.9. The van der Waals surface area contributed by atoms with Gasteiger partial charge >= 0.3 is 6.03 Å². The third kappa shape index (κ3) is 3.20. The number of para-hydroxylation sites is 1. The Hall–Kier alpha value is -2.87. The SMILES string of the molecule is CC1(c2ccco2)NC(=O)N(CC(O)COc2ccccc2F)C1=O. The predicted octanol–water partition coefficient (Wildman–Crippen LogP) is 1.63. The molecule has 2 N–H and O–H groups in total. The molecule has 1 fully saturated rings. The molecule has 1 saturated heterocycles.